The van der Waals surface area contributed by atoms with Crippen LogP contribution < -0.4 is 10.6 Å². The van der Waals surface area contributed by atoms with Gasteiger partial charge in [-0.05, 0) is 75.2 Å². The Hall–Kier alpha value is -2.46. The van der Waals surface area contributed by atoms with Crippen LogP contribution in [0.1, 0.15) is 52.9 Å². The first-order chi connectivity index (χ1) is 19.7. The van der Waals surface area contributed by atoms with E-state index >= 15 is 0 Å². The summed E-state index contributed by atoms with van der Waals surface area (Å²) >= 11 is 14.5. The van der Waals surface area contributed by atoms with E-state index in [1.54, 1.807) is 28.8 Å². The molecule has 0 aliphatic heterocycles. The Bertz CT molecular complexity index is 1330. The molecule has 2 aromatic carbocycles. The molecule has 0 radical (unpaired) electrons. The van der Waals surface area contributed by atoms with E-state index in [-0.39, 0.29) is 24.1 Å². The molecule has 10 heteroatoms. The number of nitrogens with one attached hydrogen (secondary N) is 2. The van der Waals surface area contributed by atoms with Crippen LogP contribution >= 0.6 is 36.9 Å². The largest absolute Gasteiger partial charge is 0.356 e. The van der Waals surface area contributed by atoms with Crippen molar-refractivity contribution in [1.82, 2.24) is 20.1 Å². The van der Waals surface area contributed by atoms with E-state index in [4.69, 9.17) is 11.6 Å². The third kappa shape index (κ3) is 9.81. The number of hydrogen-bond donors (Lipinski definition) is 4. The summed E-state index contributed by atoms with van der Waals surface area (Å²) in [6.07, 6.45) is 4.10. The Labute approximate surface area is 259 Å². The molecular weight excluding hydrogens is 576 g/mol. The van der Waals surface area contributed by atoms with Crippen LogP contribution in [-0.2, 0) is 16.0 Å². The molecule has 0 saturated heterocycles. The van der Waals surface area contributed by atoms with Gasteiger partial charge in [0.15, 0.2) is 0 Å². The molecule has 2 amide bonds. The molecule has 0 bridgehead atoms. The van der Waals surface area contributed by atoms with E-state index in [0.29, 0.717) is 41.7 Å². The summed E-state index contributed by atoms with van der Waals surface area (Å²) in [6.45, 7) is 7.08. The molecule has 222 valence electrons. The molecule has 0 atom stereocenters. The highest BCUT2D eigenvalue weighted by atomic mass is 35.5. The zero-order valence-corrected chi connectivity index (χ0v) is 26.5. The minimum absolute atomic E-state index is 0.0198. The van der Waals surface area contributed by atoms with Crippen LogP contribution in [0.15, 0.2) is 42.5 Å². The van der Waals surface area contributed by atoms with Gasteiger partial charge in [-0.15, -0.1) is 0 Å². The summed E-state index contributed by atoms with van der Waals surface area (Å²) in [6, 6.07) is 12.8. The topological polar surface area (TPSA) is 83.4 Å². The molecule has 7 nitrogen and oxygen atoms in total. The molecule has 1 aromatic heterocycles. The number of aromatic nitrogens is 1. The lowest BCUT2D eigenvalue weighted by molar-refractivity contribution is -0.122. The van der Waals surface area contributed by atoms with Crippen LogP contribution in [0.4, 0.5) is 0 Å². The zero-order valence-electron chi connectivity index (χ0n) is 23.9. The van der Waals surface area contributed by atoms with Gasteiger partial charge in [-0.25, -0.2) is 0 Å². The Kier molecular flexibility index (Phi) is 13.6. The lowest BCUT2D eigenvalue weighted by Gasteiger charge is -2.20. The van der Waals surface area contributed by atoms with Gasteiger partial charge in [0.1, 0.15) is 0 Å². The highest BCUT2D eigenvalue weighted by molar-refractivity contribution is 7.80. The predicted molar refractivity (Wildman–Crippen MR) is 175 cm³/mol. The molecule has 0 saturated carbocycles. The first kappa shape index (κ1) is 33.0. The maximum absolute atomic E-state index is 13.4. The van der Waals surface area contributed by atoms with Gasteiger partial charge in [0.05, 0.1) is 18.5 Å². The molecule has 3 rings (SSSR count). The standard InChI is InChI=1S/C31H41ClN4O3S2/c1-22-7-12-28-27(19-22)26(23(2)36(28)31(39)24-8-10-25(32)11-9-24)20-29(37)33-13-5-3-4-6-15-35(16-18-41)21-30(38)34-14-17-40/h7-12,19,40-41H,3-6,13-18,20-21H2,1-2H3,(H,33,37)(H,34,38). The second-order valence-electron chi connectivity index (χ2n) is 10.2. The van der Waals surface area contributed by atoms with E-state index in [1.807, 2.05) is 32.0 Å². The fraction of sp³-hybridized carbons (Fsp3) is 0.452. The van der Waals surface area contributed by atoms with Crippen LogP contribution in [0.5, 0.6) is 0 Å². The monoisotopic (exact) mass is 616 g/mol. The van der Waals surface area contributed by atoms with Crippen LogP contribution in [0.25, 0.3) is 10.9 Å². The van der Waals surface area contributed by atoms with Crippen LogP contribution in [0.2, 0.25) is 5.02 Å². The minimum Gasteiger partial charge on any atom is -0.356 e. The van der Waals surface area contributed by atoms with E-state index in [0.717, 1.165) is 66.5 Å². The molecule has 0 fully saturated rings. The van der Waals surface area contributed by atoms with Gasteiger partial charge in [0.2, 0.25) is 11.8 Å². The van der Waals surface area contributed by atoms with Gasteiger partial charge >= 0.3 is 0 Å². The summed E-state index contributed by atoms with van der Waals surface area (Å²) in [7, 11) is 0. The molecule has 41 heavy (non-hydrogen) atoms. The molecule has 2 N–H and O–H groups in total. The van der Waals surface area contributed by atoms with Crippen LogP contribution in [0.3, 0.4) is 0 Å². The summed E-state index contributed by atoms with van der Waals surface area (Å²) in [5.74, 6) is 1.15. The lowest BCUT2D eigenvalue weighted by atomic mass is 10.1. The van der Waals surface area contributed by atoms with Crippen molar-refractivity contribution in [3.05, 3.63) is 69.9 Å². The fourth-order valence-electron chi connectivity index (χ4n) is 4.93. The van der Waals surface area contributed by atoms with Crippen molar-refractivity contribution in [2.75, 3.05) is 44.2 Å². The number of aryl methyl sites for hydroxylation is 1. The van der Waals surface area contributed by atoms with Crippen molar-refractivity contribution in [2.24, 2.45) is 0 Å². The van der Waals surface area contributed by atoms with Gasteiger partial charge < -0.3 is 10.6 Å². The smallest absolute Gasteiger partial charge is 0.262 e. The van der Waals surface area contributed by atoms with Crippen molar-refractivity contribution in [3.63, 3.8) is 0 Å². The number of thiol groups is 2. The van der Waals surface area contributed by atoms with E-state index in [9.17, 15) is 14.4 Å². The van der Waals surface area contributed by atoms with Crippen molar-refractivity contribution in [1.29, 1.82) is 0 Å². The summed E-state index contributed by atoms with van der Waals surface area (Å²) < 4.78 is 1.70. The van der Waals surface area contributed by atoms with Gasteiger partial charge in [-0.3, -0.25) is 23.9 Å². The number of amides is 2. The molecule has 0 aliphatic rings. The number of carbonyl (C=O) groups excluding carboxylic acids is 3. The minimum atomic E-state index is -0.147. The van der Waals surface area contributed by atoms with E-state index in [1.165, 1.54) is 0 Å². The Morgan fingerprint density at radius 1 is 0.854 bits per heavy atom. The zero-order chi connectivity index (χ0) is 29.8. The summed E-state index contributed by atoms with van der Waals surface area (Å²) in [5.41, 5.74) is 4.04. The Morgan fingerprint density at radius 3 is 2.27 bits per heavy atom. The highest BCUT2D eigenvalue weighted by Crippen LogP contribution is 2.28. The number of fused-ring (bicyclic) bond motifs is 1. The normalized spacial score (nSPS) is 11.3. The number of unbranched alkanes of at least 4 members (excludes halogenated alkanes) is 3. The van der Waals surface area contributed by atoms with Crippen LogP contribution in [-0.4, -0.2) is 71.4 Å². The summed E-state index contributed by atoms with van der Waals surface area (Å²) in [5, 5.41) is 7.40. The second kappa shape index (κ2) is 16.9. The fourth-order valence-corrected chi connectivity index (χ4v) is 5.45. The van der Waals surface area contributed by atoms with E-state index < -0.39 is 0 Å². The molecule has 3 aromatic rings. The number of carbonyl (C=O) groups is 3. The van der Waals surface area contributed by atoms with E-state index in [2.05, 4.69) is 40.8 Å². The average molecular weight is 617 g/mol. The molecule has 0 spiro atoms. The van der Waals surface area contributed by atoms with Gasteiger partial charge in [-0.2, -0.15) is 25.3 Å². The average Bonchev–Trinajstić information content (AvgIpc) is 3.21. The maximum Gasteiger partial charge on any atom is 0.262 e. The lowest BCUT2D eigenvalue weighted by Crippen LogP contribution is -2.39. The molecule has 1 heterocycles. The van der Waals surface area contributed by atoms with Gasteiger partial charge in [-0.1, -0.05) is 36.1 Å². The Morgan fingerprint density at radius 2 is 1.56 bits per heavy atom. The summed E-state index contributed by atoms with van der Waals surface area (Å²) in [4.78, 5) is 40.5. The van der Waals surface area contributed by atoms with Gasteiger partial charge in [0, 0.05) is 52.8 Å². The van der Waals surface area contributed by atoms with Crippen LogP contribution in [0, 0.1) is 13.8 Å². The first-order valence-corrected chi connectivity index (χ1v) is 15.8. The maximum atomic E-state index is 13.4. The number of rotatable bonds is 16. The van der Waals surface area contributed by atoms with Crippen molar-refractivity contribution >= 4 is 65.5 Å². The second-order valence-corrected chi connectivity index (χ2v) is 11.6. The van der Waals surface area contributed by atoms with Crippen molar-refractivity contribution in [3.8, 4) is 0 Å². The first-order valence-electron chi connectivity index (χ1n) is 14.1. The molecule has 0 unspecified atom stereocenters. The predicted octanol–water partition coefficient (Wildman–Crippen LogP) is 5.10. The number of benzene rings is 2. The third-order valence-electron chi connectivity index (χ3n) is 7.06. The third-order valence-corrected chi connectivity index (χ3v) is 7.74. The number of nitrogens with zero attached hydrogens (tertiary/aromatic N) is 2. The van der Waals surface area contributed by atoms with Crippen molar-refractivity contribution in [2.45, 2.75) is 46.0 Å². The Balaban J connectivity index is 1.51. The quantitative estimate of drug-likeness (QED) is 0.133. The molecule has 0 aliphatic carbocycles. The SMILES string of the molecule is Cc1ccc2c(c1)c(CC(=O)NCCCCCCN(CCS)CC(=O)NCCS)c(C)n2C(=O)c1ccc(Cl)cc1. The van der Waals surface area contributed by atoms with Gasteiger partial charge in [0.25, 0.3) is 5.91 Å². The number of hydrogen-bond acceptors (Lipinski definition) is 6. The number of halogens is 1. The van der Waals surface area contributed by atoms with Crippen molar-refractivity contribution < 1.29 is 14.4 Å². The molecular formula is C31H41ClN4O3S2. The highest BCUT2D eigenvalue weighted by Gasteiger charge is 2.21.